The van der Waals surface area contributed by atoms with E-state index in [-0.39, 0.29) is 11.2 Å². The van der Waals surface area contributed by atoms with Gasteiger partial charge in [-0.2, -0.15) is 5.10 Å². The highest BCUT2D eigenvalue weighted by Crippen LogP contribution is 2.26. The van der Waals surface area contributed by atoms with E-state index in [1.807, 2.05) is 24.3 Å². The topological polar surface area (TPSA) is 100 Å². The molecule has 4 rings (SSSR count). The molecule has 130 valence electrons. The molecule has 26 heavy (non-hydrogen) atoms. The summed E-state index contributed by atoms with van der Waals surface area (Å²) in [6.45, 7) is 0. The number of aryl methyl sites for hydroxylation is 1. The van der Waals surface area contributed by atoms with Crippen molar-refractivity contribution in [2.24, 2.45) is 5.10 Å². The highest BCUT2D eigenvalue weighted by atomic mass is 16.6. The minimum absolute atomic E-state index is 0.0555. The van der Waals surface area contributed by atoms with Crippen molar-refractivity contribution in [1.29, 1.82) is 0 Å². The molecule has 1 aliphatic rings. The van der Waals surface area contributed by atoms with E-state index in [2.05, 4.69) is 15.5 Å². The Morgan fingerprint density at radius 2 is 1.96 bits per heavy atom. The van der Waals surface area contributed by atoms with Crippen molar-refractivity contribution in [2.45, 2.75) is 19.3 Å². The predicted molar refractivity (Wildman–Crippen MR) is 101 cm³/mol. The lowest BCUT2D eigenvalue weighted by Crippen LogP contribution is -2.14. The molecule has 2 aromatic carbocycles. The van der Waals surface area contributed by atoms with Gasteiger partial charge in [-0.25, -0.2) is 0 Å². The summed E-state index contributed by atoms with van der Waals surface area (Å²) in [4.78, 5) is 25.3. The molecule has 0 aliphatic heterocycles. The Bertz CT molecular complexity index is 1100. The number of pyridine rings is 1. The van der Waals surface area contributed by atoms with Gasteiger partial charge in [0.25, 0.3) is 11.2 Å². The maximum atomic E-state index is 11.9. The van der Waals surface area contributed by atoms with Crippen LogP contribution in [0.15, 0.2) is 58.4 Å². The summed E-state index contributed by atoms with van der Waals surface area (Å²) < 4.78 is 0. The zero-order valence-corrected chi connectivity index (χ0v) is 13.9. The molecule has 2 N–H and O–H groups in total. The zero-order chi connectivity index (χ0) is 18.1. The van der Waals surface area contributed by atoms with E-state index >= 15 is 0 Å². The summed E-state index contributed by atoms with van der Waals surface area (Å²) in [5.41, 5.74) is 6.77. The number of H-pyrrole nitrogens is 1. The number of aromatic amines is 1. The highest BCUT2D eigenvalue weighted by Gasteiger charge is 2.19. The van der Waals surface area contributed by atoms with Crippen LogP contribution in [0.4, 0.5) is 11.4 Å². The summed E-state index contributed by atoms with van der Waals surface area (Å²) in [6, 6.07) is 13.8. The molecule has 7 heteroatoms. The second kappa shape index (κ2) is 6.44. The first-order chi connectivity index (χ1) is 12.6. The van der Waals surface area contributed by atoms with Gasteiger partial charge in [-0.05, 0) is 30.9 Å². The molecule has 1 aromatic heterocycles. The molecule has 0 spiro atoms. The van der Waals surface area contributed by atoms with Crippen LogP contribution in [0.5, 0.6) is 0 Å². The molecule has 3 aromatic rings. The minimum atomic E-state index is -0.399. The van der Waals surface area contributed by atoms with Crippen LogP contribution in [0.1, 0.15) is 24.0 Å². The number of nitrogens with zero attached hydrogens (tertiary/aromatic N) is 2. The van der Waals surface area contributed by atoms with Gasteiger partial charge in [-0.3, -0.25) is 20.3 Å². The number of anilines is 1. The maximum Gasteiger partial charge on any atom is 0.270 e. The van der Waals surface area contributed by atoms with Crippen molar-refractivity contribution < 1.29 is 4.92 Å². The zero-order valence-electron chi connectivity index (χ0n) is 13.9. The summed E-state index contributed by atoms with van der Waals surface area (Å²) >= 11 is 0. The van der Waals surface area contributed by atoms with Crippen molar-refractivity contribution in [2.75, 3.05) is 5.43 Å². The highest BCUT2D eigenvalue weighted by molar-refractivity contribution is 6.04. The summed E-state index contributed by atoms with van der Waals surface area (Å²) in [5.74, 6) is 0. The van der Waals surface area contributed by atoms with Crippen LogP contribution in [-0.2, 0) is 6.42 Å². The van der Waals surface area contributed by atoms with Crippen LogP contribution in [0.2, 0.25) is 0 Å². The Hall–Kier alpha value is -3.48. The van der Waals surface area contributed by atoms with Crippen molar-refractivity contribution in [3.8, 4) is 0 Å². The lowest BCUT2D eigenvalue weighted by molar-refractivity contribution is -0.384. The van der Waals surface area contributed by atoms with Crippen molar-refractivity contribution >= 4 is 28.0 Å². The van der Waals surface area contributed by atoms with Crippen LogP contribution in [0, 0.1) is 10.1 Å². The van der Waals surface area contributed by atoms with Gasteiger partial charge in [0.1, 0.15) is 0 Å². The number of hydrogen-bond donors (Lipinski definition) is 2. The number of nitrogens with one attached hydrogen (secondary N) is 2. The number of fused-ring (bicyclic) bond motifs is 2. The minimum Gasteiger partial charge on any atom is -0.322 e. The first-order valence-electron chi connectivity index (χ1n) is 8.34. The van der Waals surface area contributed by atoms with Crippen molar-refractivity contribution in [3.05, 3.63) is 80.1 Å². The third-order valence-electron chi connectivity index (χ3n) is 4.54. The Morgan fingerprint density at radius 3 is 2.81 bits per heavy atom. The molecule has 0 saturated heterocycles. The van der Waals surface area contributed by atoms with E-state index in [4.69, 9.17) is 0 Å². The summed E-state index contributed by atoms with van der Waals surface area (Å²) in [7, 11) is 0. The van der Waals surface area contributed by atoms with Gasteiger partial charge in [-0.15, -0.1) is 0 Å². The normalized spacial score (nSPS) is 15.0. The third kappa shape index (κ3) is 2.95. The Labute approximate surface area is 148 Å². The van der Waals surface area contributed by atoms with Crippen molar-refractivity contribution in [3.63, 3.8) is 0 Å². The number of nitro benzene ring substituents is 1. The first-order valence-corrected chi connectivity index (χ1v) is 8.34. The van der Waals surface area contributed by atoms with E-state index < -0.39 is 4.92 Å². The van der Waals surface area contributed by atoms with Crippen LogP contribution in [0.3, 0.4) is 0 Å². The van der Waals surface area contributed by atoms with E-state index in [1.54, 1.807) is 12.1 Å². The second-order valence-corrected chi connectivity index (χ2v) is 6.22. The average molecular weight is 348 g/mol. The number of para-hydroxylation sites is 1. The SMILES string of the molecule is O=c1cc(N/N=C2\CCCc3ccc([N+](=O)[O-])cc32)c2ccccc2[nH]1. The molecule has 0 unspecified atom stereocenters. The Balaban J connectivity index is 1.74. The third-order valence-corrected chi connectivity index (χ3v) is 4.54. The number of hydrogen-bond acceptors (Lipinski definition) is 5. The molecule has 0 fully saturated rings. The van der Waals surface area contributed by atoms with Gasteiger partial charge in [-0.1, -0.05) is 24.3 Å². The van der Waals surface area contributed by atoms with Gasteiger partial charge >= 0.3 is 0 Å². The van der Waals surface area contributed by atoms with Crippen LogP contribution in [0.25, 0.3) is 10.9 Å². The number of nitro groups is 1. The number of hydrazone groups is 1. The summed E-state index contributed by atoms with van der Waals surface area (Å²) in [6.07, 6.45) is 2.53. The fourth-order valence-corrected chi connectivity index (χ4v) is 3.29. The molecule has 0 bridgehead atoms. The Morgan fingerprint density at radius 1 is 1.12 bits per heavy atom. The lowest BCUT2D eigenvalue weighted by atomic mass is 9.90. The van der Waals surface area contributed by atoms with Crippen LogP contribution in [-0.4, -0.2) is 15.6 Å². The van der Waals surface area contributed by atoms with Crippen LogP contribution < -0.4 is 11.0 Å². The number of aromatic nitrogens is 1. The average Bonchev–Trinajstić information content (AvgIpc) is 2.65. The second-order valence-electron chi connectivity index (χ2n) is 6.22. The van der Waals surface area contributed by atoms with Gasteiger partial charge in [0.05, 0.1) is 21.8 Å². The molecule has 0 atom stereocenters. The predicted octanol–water partition coefficient (Wildman–Crippen LogP) is 3.59. The molecular formula is C19H16N4O3. The maximum absolute atomic E-state index is 11.9. The van der Waals surface area contributed by atoms with Crippen LogP contribution >= 0.6 is 0 Å². The molecular weight excluding hydrogens is 332 g/mol. The fraction of sp³-hybridized carbons (Fsp3) is 0.158. The lowest BCUT2D eigenvalue weighted by Gasteiger charge is -2.18. The van der Waals surface area contributed by atoms with Crippen molar-refractivity contribution in [1.82, 2.24) is 4.98 Å². The molecule has 1 aliphatic carbocycles. The largest absolute Gasteiger partial charge is 0.322 e. The molecule has 1 heterocycles. The Kier molecular flexibility index (Phi) is 3.96. The van der Waals surface area contributed by atoms with Gasteiger partial charge in [0.15, 0.2) is 0 Å². The smallest absolute Gasteiger partial charge is 0.270 e. The first kappa shape index (κ1) is 16.0. The van der Waals surface area contributed by atoms with E-state index in [0.29, 0.717) is 5.69 Å². The molecule has 0 saturated carbocycles. The van der Waals surface area contributed by atoms with E-state index in [0.717, 1.165) is 47.0 Å². The molecule has 7 nitrogen and oxygen atoms in total. The van der Waals surface area contributed by atoms with E-state index in [1.165, 1.54) is 12.1 Å². The van der Waals surface area contributed by atoms with Gasteiger partial charge in [0.2, 0.25) is 0 Å². The van der Waals surface area contributed by atoms with E-state index in [9.17, 15) is 14.9 Å². The fourth-order valence-electron chi connectivity index (χ4n) is 3.29. The number of non-ortho nitro benzene ring substituents is 1. The number of benzene rings is 2. The quantitative estimate of drug-likeness (QED) is 0.558. The monoisotopic (exact) mass is 348 g/mol. The van der Waals surface area contributed by atoms with Gasteiger partial charge < -0.3 is 4.98 Å². The molecule has 0 amide bonds. The summed E-state index contributed by atoms with van der Waals surface area (Å²) in [5, 5.41) is 16.4. The molecule has 0 radical (unpaired) electrons. The van der Waals surface area contributed by atoms with Gasteiger partial charge in [0, 0.05) is 29.1 Å². The number of rotatable bonds is 3. The standard InChI is InChI=1S/C19H16N4O3/c24-19-11-18(14-5-1-2-6-16(14)20-19)22-21-17-7-3-4-12-8-9-13(23(25)26)10-15(12)17/h1-2,5-6,8-11H,3-4,7H2,(H2,20,22,24)/b21-17+.